The minimum atomic E-state index is -1.03. The first-order valence-electron chi connectivity index (χ1n) is 10.4. The Hall–Kier alpha value is -2.89. The molecule has 3 amide bonds. The number of fused-ring (bicyclic) bond motifs is 2. The largest absolute Gasteiger partial charge is 0.345 e. The molecule has 1 N–H and O–H groups in total. The maximum atomic E-state index is 13.4. The van der Waals surface area contributed by atoms with Crippen molar-refractivity contribution >= 4 is 17.7 Å². The number of carbonyl (C=O) groups is 3. The lowest BCUT2D eigenvalue weighted by Crippen LogP contribution is -2.46. The number of nitrogens with zero attached hydrogens (tertiary/aromatic N) is 2. The second kappa shape index (κ2) is 6.31. The van der Waals surface area contributed by atoms with Crippen LogP contribution in [0.5, 0.6) is 0 Å². The summed E-state index contributed by atoms with van der Waals surface area (Å²) in [5.41, 5.74) is 3.53. The van der Waals surface area contributed by atoms with E-state index in [1.165, 1.54) is 0 Å². The lowest BCUT2D eigenvalue weighted by atomic mass is 9.76. The fraction of sp³-hybridized carbons (Fsp3) is 0.435. The molecule has 2 fully saturated rings. The highest BCUT2D eigenvalue weighted by molar-refractivity contribution is 6.11. The van der Waals surface area contributed by atoms with Crippen molar-refractivity contribution in [3.63, 3.8) is 0 Å². The van der Waals surface area contributed by atoms with Gasteiger partial charge in [-0.05, 0) is 63.1 Å². The van der Waals surface area contributed by atoms with Gasteiger partial charge in [0.2, 0.25) is 0 Å². The predicted molar refractivity (Wildman–Crippen MR) is 108 cm³/mol. The molecule has 1 aliphatic heterocycles. The Bertz CT molecular complexity index is 1050. The molecule has 1 spiro atoms. The van der Waals surface area contributed by atoms with Crippen molar-refractivity contribution in [3.05, 3.63) is 58.4 Å². The molecule has 0 bridgehead atoms. The van der Waals surface area contributed by atoms with Gasteiger partial charge >= 0.3 is 6.03 Å². The summed E-state index contributed by atoms with van der Waals surface area (Å²) in [6.07, 6.45) is 4.56. The van der Waals surface area contributed by atoms with Gasteiger partial charge < -0.3 is 9.88 Å². The average Bonchev–Trinajstić information content (AvgIpc) is 3.45. The summed E-state index contributed by atoms with van der Waals surface area (Å²) in [4.78, 5) is 40.3. The Morgan fingerprint density at radius 3 is 2.72 bits per heavy atom. The molecular weight excluding hydrogens is 366 g/mol. The van der Waals surface area contributed by atoms with Crippen LogP contribution in [0.1, 0.15) is 64.6 Å². The van der Waals surface area contributed by atoms with Gasteiger partial charge in [0.15, 0.2) is 5.78 Å². The first-order valence-corrected chi connectivity index (χ1v) is 10.4. The van der Waals surface area contributed by atoms with E-state index in [2.05, 4.69) is 9.88 Å². The van der Waals surface area contributed by atoms with Gasteiger partial charge in [-0.15, -0.1) is 0 Å². The minimum Gasteiger partial charge on any atom is -0.345 e. The van der Waals surface area contributed by atoms with Crippen molar-refractivity contribution < 1.29 is 14.4 Å². The number of carbonyl (C=O) groups excluding carboxylic acids is 3. The number of hydrogen-bond donors (Lipinski definition) is 1. The van der Waals surface area contributed by atoms with E-state index < -0.39 is 11.6 Å². The van der Waals surface area contributed by atoms with E-state index in [1.54, 1.807) is 0 Å². The van der Waals surface area contributed by atoms with E-state index in [0.717, 1.165) is 53.1 Å². The molecule has 6 heteroatoms. The molecule has 1 unspecified atom stereocenters. The molecular formula is C23H25N3O3. The maximum Gasteiger partial charge on any atom is 0.325 e. The molecule has 3 aliphatic rings. The third kappa shape index (κ3) is 2.65. The zero-order valence-electron chi connectivity index (χ0n) is 16.8. The Balaban J connectivity index is 1.44. The molecule has 6 nitrogen and oxygen atoms in total. The second-order valence-corrected chi connectivity index (χ2v) is 8.55. The number of ketones is 1. The highest BCUT2D eigenvalue weighted by atomic mass is 16.2. The van der Waals surface area contributed by atoms with Crippen LogP contribution >= 0.6 is 0 Å². The van der Waals surface area contributed by atoms with Crippen LogP contribution in [0, 0.1) is 13.8 Å². The number of imide groups is 1. The summed E-state index contributed by atoms with van der Waals surface area (Å²) in [6.45, 7) is 3.73. The molecule has 1 saturated carbocycles. The Kier molecular flexibility index (Phi) is 3.95. The molecule has 150 valence electrons. The van der Waals surface area contributed by atoms with Gasteiger partial charge in [0.1, 0.15) is 5.54 Å². The van der Waals surface area contributed by atoms with Crippen LogP contribution in [0.25, 0.3) is 0 Å². The van der Waals surface area contributed by atoms with Crippen molar-refractivity contribution in [1.82, 2.24) is 14.8 Å². The lowest BCUT2D eigenvalue weighted by molar-refractivity contribution is -0.131. The Morgan fingerprint density at radius 1 is 1.21 bits per heavy atom. The molecule has 0 radical (unpaired) electrons. The predicted octanol–water partition coefficient (Wildman–Crippen LogP) is 3.41. The van der Waals surface area contributed by atoms with E-state index in [1.807, 2.05) is 44.2 Å². The van der Waals surface area contributed by atoms with Gasteiger partial charge in [-0.25, -0.2) is 4.79 Å². The maximum absolute atomic E-state index is 13.4. The van der Waals surface area contributed by atoms with Gasteiger partial charge in [-0.2, -0.15) is 0 Å². The number of amides is 3. The number of benzene rings is 1. The topological polar surface area (TPSA) is 71.4 Å². The Labute approximate surface area is 169 Å². The van der Waals surface area contributed by atoms with E-state index >= 15 is 0 Å². The van der Waals surface area contributed by atoms with Crippen LogP contribution in [0.2, 0.25) is 0 Å². The lowest BCUT2D eigenvalue weighted by Gasteiger charge is -2.33. The van der Waals surface area contributed by atoms with Gasteiger partial charge in [-0.1, -0.05) is 24.3 Å². The third-order valence-electron chi connectivity index (χ3n) is 6.65. The standard InChI is InChI=1S/C23H25N3O3/c1-14-12-18(15(2)26(14)17-9-10-17)20(27)13-25-21(28)23(24-22(25)29)11-5-7-16-6-3-4-8-19(16)23/h3-4,6,8,12,17H,5,7,9-11,13H2,1-2H3,(H,24,29). The number of aromatic nitrogens is 1. The molecule has 1 aromatic carbocycles. The summed E-state index contributed by atoms with van der Waals surface area (Å²) in [5, 5.41) is 2.92. The number of Topliss-reactive ketones (excluding diaryl/α,β-unsaturated/α-hetero) is 1. The molecule has 2 aliphatic carbocycles. The monoisotopic (exact) mass is 391 g/mol. The highest BCUT2D eigenvalue weighted by Crippen LogP contribution is 2.41. The van der Waals surface area contributed by atoms with Crippen LogP contribution in [0.15, 0.2) is 30.3 Å². The SMILES string of the molecule is Cc1cc(C(=O)CN2C(=O)NC3(CCCc4ccccc43)C2=O)c(C)n1C1CC1. The van der Waals surface area contributed by atoms with E-state index in [-0.39, 0.29) is 18.2 Å². The van der Waals surface area contributed by atoms with Gasteiger partial charge in [0, 0.05) is 23.0 Å². The van der Waals surface area contributed by atoms with Crippen LogP contribution in [0.3, 0.4) is 0 Å². The van der Waals surface area contributed by atoms with Crippen molar-refractivity contribution in [1.29, 1.82) is 0 Å². The van der Waals surface area contributed by atoms with Gasteiger partial charge in [0.25, 0.3) is 5.91 Å². The number of rotatable bonds is 4. The van der Waals surface area contributed by atoms with Crippen LogP contribution in [0.4, 0.5) is 4.79 Å². The molecule has 1 aromatic heterocycles. The minimum absolute atomic E-state index is 0.186. The fourth-order valence-corrected chi connectivity index (χ4v) is 5.14. The summed E-state index contributed by atoms with van der Waals surface area (Å²) in [6, 6.07) is 9.67. The zero-order valence-corrected chi connectivity index (χ0v) is 16.8. The molecule has 2 aromatic rings. The first kappa shape index (κ1) is 18.2. The smallest absolute Gasteiger partial charge is 0.325 e. The van der Waals surface area contributed by atoms with E-state index in [9.17, 15) is 14.4 Å². The second-order valence-electron chi connectivity index (χ2n) is 8.55. The molecule has 2 heterocycles. The van der Waals surface area contributed by atoms with Crippen LogP contribution < -0.4 is 5.32 Å². The zero-order chi connectivity index (χ0) is 20.3. The van der Waals surface area contributed by atoms with Gasteiger partial charge in [0.05, 0.1) is 6.54 Å². The summed E-state index contributed by atoms with van der Waals surface area (Å²) >= 11 is 0. The molecule has 1 saturated heterocycles. The van der Waals surface area contributed by atoms with Crippen molar-refractivity contribution in [2.24, 2.45) is 0 Å². The fourth-order valence-electron chi connectivity index (χ4n) is 5.14. The van der Waals surface area contributed by atoms with Gasteiger partial charge in [-0.3, -0.25) is 14.5 Å². The summed E-state index contributed by atoms with van der Waals surface area (Å²) in [7, 11) is 0. The van der Waals surface area contributed by atoms with Crippen molar-refractivity contribution in [2.75, 3.05) is 6.54 Å². The number of urea groups is 1. The number of nitrogens with one attached hydrogen (secondary N) is 1. The average molecular weight is 391 g/mol. The van der Waals surface area contributed by atoms with E-state index in [4.69, 9.17) is 0 Å². The van der Waals surface area contributed by atoms with Crippen LogP contribution in [-0.4, -0.2) is 33.7 Å². The normalized spacial score (nSPS) is 23.4. The van der Waals surface area contributed by atoms with E-state index in [0.29, 0.717) is 18.0 Å². The number of hydrogen-bond acceptors (Lipinski definition) is 3. The quantitative estimate of drug-likeness (QED) is 0.641. The third-order valence-corrected chi connectivity index (χ3v) is 6.65. The summed E-state index contributed by atoms with van der Waals surface area (Å²) in [5.74, 6) is -0.492. The highest BCUT2D eigenvalue weighted by Gasteiger charge is 2.54. The van der Waals surface area contributed by atoms with Crippen molar-refractivity contribution in [3.8, 4) is 0 Å². The molecule has 29 heavy (non-hydrogen) atoms. The summed E-state index contributed by atoms with van der Waals surface area (Å²) < 4.78 is 2.21. The Morgan fingerprint density at radius 2 is 1.97 bits per heavy atom. The van der Waals surface area contributed by atoms with Crippen molar-refractivity contribution in [2.45, 2.75) is 57.5 Å². The first-order chi connectivity index (χ1) is 13.9. The van der Waals surface area contributed by atoms with Crippen LogP contribution in [-0.2, 0) is 16.8 Å². The number of aryl methyl sites for hydroxylation is 2. The molecule has 5 rings (SSSR count). The molecule has 1 atom stereocenters.